The highest BCUT2D eigenvalue weighted by atomic mass is 127. The van der Waals surface area contributed by atoms with Gasteiger partial charge in [0.15, 0.2) is 11.5 Å². The Labute approximate surface area is 196 Å². The van der Waals surface area contributed by atoms with Gasteiger partial charge in [-0.15, -0.1) is 0 Å². The van der Waals surface area contributed by atoms with E-state index >= 15 is 0 Å². The fraction of sp³-hybridized carbons (Fsp3) is 0.240. The van der Waals surface area contributed by atoms with Crippen LogP contribution >= 0.6 is 22.6 Å². The van der Waals surface area contributed by atoms with Crippen molar-refractivity contribution in [3.63, 3.8) is 0 Å². The van der Waals surface area contributed by atoms with E-state index in [2.05, 4.69) is 27.9 Å². The molecule has 3 rings (SSSR count). The van der Waals surface area contributed by atoms with Gasteiger partial charge in [-0.1, -0.05) is 24.6 Å². The van der Waals surface area contributed by atoms with Crippen LogP contribution in [0.1, 0.15) is 36.2 Å². The largest absolute Gasteiger partial charge is 0.490 e. The molecule has 0 aliphatic rings. The van der Waals surface area contributed by atoms with Crippen LogP contribution in [0.15, 0.2) is 60.7 Å². The third kappa shape index (κ3) is 6.37. The molecule has 162 valence electrons. The topological polar surface area (TPSA) is 56.8 Å². The molecule has 0 unspecified atom stereocenters. The molecular formula is C25H26INO4. The van der Waals surface area contributed by atoms with Gasteiger partial charge in [0, 0.05) is 11.3 Å². The van der Waals surface area contributed by atoms with Gasteiger partial charge in [-0.2, -0.15) is 0 Å². The number of amides is 1. The zero-order chi connectivity index (χ0) is 22.2. The maximum absolute atomic E-state index is 12.8. The predicted molar refractivity (Wildman–Crippen MR) is 132 cm³/mol. The quantitative estimate of drug-likeness (QED) is 0.308. The first-order valence-corrected chi connectivity index (χ1v) is 11.3. The van der Waals surface area contributed by atoms with Crippen molar-refractivity contribution in [3.05, 3.63) is 75.4 Å². The normalized spacial score (nSPS) is 10.5. The number of hydrogen-bond acceptors (Lipinski definition) is 4. The number of ether oxygens (including phenoxy) is 3. The molecule has 0 fully saturated rings. The molecule has 0 radical (unpaired) electrons. The van der Waals surface area contributed by atoms with E-state index in [1.165, 1.54) is 5.56 Å². The molecule has 0 spiro atoms. The Kier molecular flexibility index (Phi) is 8.17. The highest BCUT2D eigenvalue weighted by molar-refractivity contribution is 14.1. The van der Waals surface area contributed by atoms with Crippen LogP contribution in [0.5, 0.6) is 23.0 Å². The first-order valence-electron chi connectivity index (χ1n) is 10.2. The summed E-state index contributed by atoms with van der Waals surface area (Å²) in [7, 11) is 0. The summed E-state index contributed by atoms with van der Waals surface area (Å²) in [6.07, 6.45) is 0.896. The molecule has 0 bridgehead atoms. The molecule has 1 amide bonds. The summed E-state index contributed by atoms with van der Waals surface area (Å²) in [6, 6.07) is 18.7. The number of nitrogens with one attached hydrogen (secondary N) is 1. The fourth-order valence-electron chi connectivity index (χ4n) is 2.86. The number of rotatable bonds is 9. The van der Waals surface area contributed by atoms with E-state index in [0.29, 0.717) is 41.7 Å². The van der Waals surface area contributed by atoms with E-state index < -0.39 is 0 Å². The third-order valence-corrected chi connectivity index (χ3v) is 5.19. The summed E-state index contributed by atoms with van der Waals surface area (Å²) in [4.78, 5) is 12.8. The lowest BCUT2D eigenvalue weighted by Crippen LogP contribution is -2.13. The van der Waals surface area contributed by atoms with Gasteiger partial charge in [-0.3, -0.25) is 4.79 Å². The standard InChI is InChI=1S/C25H26INO4/c1-4-14-30-24-22(26)15-18(16-23(24)29-5-2)25(28)27-19-8-12-21(13-9-19)31-20-10-6-17(3)7-11-20/h6-13,15-16H,4-5,14H2,1-3H3,(H,27,28). The Balaban J connectivity index is 1.71. The maximum Gasteiger partial charge on any atom is 0.255 e. The molecule has 3 aromatic rings. The number of benzene rings is 3. The fourth-order valence-corrected chi connectivity index (χ4v) is 3.62. The number of carbonyl (C=O) groups is 1. The van der Waals surface area contributed by atoms with Gasteiger partial charge < -0.3 is 19.5 Å². The molecule has 6 heteroatoms. The van der Waals surface area contributed by atoms with Gasteiger partial charge in [-0.05, 0) is 91.4 Å². The second-order valence-electron chi connectivity index (χ2n) is 6.96. The summed E-state index contributed by atoms with van der Waals surface area (Å²) < 4.78 is 18.2. The van der Waals surface area contributed by atoms with E-state index in [1.807, 2.05) is 69.3 Å². The average molecular weight is 531 g/mol. The van der Waals surface area contributed by atoms with Crippen LogP contribution in [0.2, 0.25) is 0 Å². The lowest BCUT2D eigenvalue weighted by atomic mass is 10.1. The van der Waals surface area contributed by atoms with Gasteiger partial charge in [-0.25, -0.2) is 0 Å². The first-order chi connectivity index (χ1) is 15.0. The van der Waals surface area contributed by atoms with Crippen LogP contribution in [0.25, 0.3) is 0 Å². The lowest BCUT2D eigenvalue weighted by molar-refractivity contribution is 0.102. The van der Waals surface area contributed by atoms with Crippen LogP contribution in [0.3, 0.4) is 0 Å². The molecule has 0 aromatic heterocycles. The molecular weight excluding hydrogens is 505 g/mol. The number of anilines is 1. The minimum absolute atomic E-state index is 0.215. The van der Waals surface area contributed by atoms with E-state index in [9.17, 15) is 4.79 Å². The van der Waals surface area contributed by atoms with Crippen LogP contribution in [0.4, 0.5) is 5.69 Å². The average Bonchev–Trinajstić information content (AvgIpc) is 2.76. The minimum Gasteiger partial charge on any atom is -0.490 e. The number of hydrogen-bond donors (Lipinski definition) is 1. The molecule has 0 saturated carbocycles. The highest BCUT2D eigenvalue weighted by Gasteiger charge is 2.16. The van der Waals surface area contributed by atoms with Crippen molar-refractivity contribution in [1.82, 2.24) is 0 Å². The summed E-state index contributed by atoms with van der Waals surface area (Å²) >= 11 is 2.17. The monoisotopic (exact) mass is 531 g/mol. The van der Waals surface area contributed by atoms with Crippen molar-refractivity contribution in [3.8, 4) is 23.0 Å². The van der Waals surface area contributed by atoms with Gasteiger partial charge in [0.05, 0.1) is 16.8 Å². The number of halogens is 1. The Bertz CT molecular complexity index is 1020. The van der Waals surface area contributed by atoms with Gasteiger partial charge >= 0.3 is 0 Å². The van der Waals surface area contributed by atoms with Crippen molar-refractivity contribution in [1.29, 1.82) is 0 Å². The summed E-state index contributed by atoms with van der Waals surface area (Å²) in [5, 5.41) is 2.92. The Hall–Kier alpha value is -2.74. The zero-order valence-corrected chi connectivity index (χ0v) is 20.1. The Morgan fingerprint density at radius 3 is 2.19 bits per heavy atom. The van der Waals surface area contributed by atoms with E-state index in [4.69, 9.17) is 14.2 Å². The molecule has 31 heavy (non-hydrogen) atoms. The molecule has 1 N–H and O–H groups in total. The van der Waals surface area contributed by atoms with Gasteiger partial charge in [0.1, 0.15) is 11.5 Å². The van der Waals surface area contributed by atoms with Crippen LogP contribution in [-0.4, -0.2) is 19.1 Å². The molecule has 0 aliphatic heterocycles. The number of carbonyl (C=O) groups excluding carboxylic acids is 1. The molecule has 3 aromatic carbocycles. The van der Waals surface area contributed by atoms with Crippen LogP contribution < -0.4 is 19.5 Å². The van der Waals surface area contributed by atoms with Crippen molar-refractivity contribution in [2.45, 2.75) is 27.2 Å². The van der Waals surface area contributed by atoms with E-state index in [-0.39, 0.29) is 5.91 Å². The molecule has 0 saturated heterocycles. The van der Waals surface area contributed by atoms with Gasteiger partial charge in [0.25, 0.3) is 5.91 Å². The van der Waals surface area contributed by atoms with Crippen LogP contribution in [0, 0.1) is 10.5 Å². The minimum atomic E-state index is -0.215. The predicted octanol–water partition coefficient (Wildman–Crippen LogP) is 6.83. The maximum atomic E-state index is 12.8. The van der Waals surface area contributed by atoms with Crippen molar-refractivity contribution >= 4 is 34.2 Å². The Morgan fingerprint density at radius 1 is 0.935 bits per heavy atom. The van der Waals surface area contributed by atoms with Crippen LogP contribution in [-0.2, 0) is 0 Å². The smallest absolute Gasteiger partial charge is 0.255 e. The second kappa shape index (κ2) is 11.0. The van der Waals surface area contributed by atoms with E-state index in [0.717, 1.165) is 15.7 Å². The molecule has 5 nitrogen and oxygen atoms in total. The second-order valence-corrected chi connectivity index (χ2v) is 8.12. The summed E-state index contributed by atoms with van der Waals surface area (Å²) in [6.45, 7) is 7.08. The van der Waals surface area contributed by atoms with Crippen molar-refractivity contribution < 1.29 is 19.0 Å². The zero-order valence-electron chi connectivity index (χ0n) is 17.9. The summed E-state index contributed by atoms with van der Waals surface area (Å²) in [5.74, 6) is 2.51. The van der Waals surface area contributed by atoms with Gasteiger partial charge in [0.2, 0.25) is 0 Å². The Morgan fingerprint density at radius 2 is 1.58 bits per heavy atom. The first kappa shape index (κ1) is 22.9. The lowest BCUT2D eigenvalue weighted by Gasteiger charge is -2.15. The highest BCUT2D eigenvalue weighted by Crippen LogP contribution is 2.34. The molecule has 0 atom stereocenters. The van der Waals surface area contributed by atoms with E-state index in [1.54, 1.807) is 12.1 Å². The number of aryl methyl sites for hydroxylation is 1. The van der Waals surface area contributed by atoms with Crippen molar-refractivity contribution in [2.24, 2.45) is 0 Å². The van der Waals surface area contributed by atoms with Crippen molar-refractivity contribution in [2.75, 3.05) is 18.5 Å². The molecule has 0 aliphatic carbocycles. The molecule has 0 heterocycles. The SMILES string of the molecule is CCCOc1c(I)cc(C(=O)Nc2ccc(Oc3ccc(C)cc3)cc2)cc1OCC. The summed E-state index contributed by atoms with van der Waals surface area (Å²) in [5.41, 5.74) is 2.37. The third-order valence-electron chi connectivity index (χ3n) is 4.39.